The molecule has 30 heavy (non-hydrogen) atoms. The third kappa shape index (κ3) is 4.95. The van der Waals surface area contributed by atoms with Gasteiger partial charge in [0.05, 0.1) is 29.8 Å². The van der Waals surface area contributed by atoms with E-state index in [1.54, 1.807) is 42.5 Å². The molecule has 0 bridgehead atoms. The average molecular weight is 438 g/mol. The molecule has 0 spiro atoms. The Kier molecular flexibility index (Phi) is 6.66. The lowest BCUT2D eigenvalue weighted by molar-refractivity contribution is 0.416. The van der Waals surface area contributed by atoms with Crippen LogP contribution in [0.4, 0.5) is 23.1 Å². The number of allylic oxidation sites excluding steroid dienone is 1. The largest absolute Gasteiger partial charge is 0.494 e. The second-order valence-corrected chi connectivity index (χ2v) is 6.52. The van der Waals surface area contributed by atoms with Gasteiger partial charge in [-0.15, -0.1) is 10.2 Å². The summed E-state index contributed by atoms with van der Waals surface area (Å²) in [6.45, 7) is 0. The van der Waals surface area contributed by atoms with Gasteiger partial charge in [0.25, 0.3) is 0 Å². The lowest BCUT2D eigenvalue weighted by atomic mass is 10.1. The predicted octanol–water partition coefficient (Wildman–Crippen LogP) is 5.08. The molecule has 10 heteroatoms. The van der Waals surface area contributed by atoms with Crippen LogP contribution in [0.25, 0.3) is 6.08 Å². The van der Waals surface area contributed by atoms with Crippen molar-refractivity contribution in [1.29, 1.82) is 10.5 Å². The zero-order chi connectivity index (χ0) is 21.5. The first kappa shape index (κ1) is 20.9. The molecule has 0 aliphatic rings. The van der Waals surface area contributed by atoms with Gasteiger partial charge in [0, 0.05) is 11.8 Å². The van der Waals surface area contributed by atoms with E-state index in [4.69, 9.17) is 38.5 Å². The van der Waals surface area contributed by atoms with E-state index in [9.17, 15) is 0 Å². The molecular weight excluding hydrogens is 425 g/mol. The molecule has 1 aromatic heterocycles. The Morgan fingerprint density at radius 1 is 1.07 bits per heavy atom. The molecule has 8 nitrogen and oxygen atoms in total. The van der Waals surface area contributed by atoms with Gasteiger partial charge in [-0.05, 0) is 48.0 Å². The number of anilines is 4. The van der Waals surface area contributed by atoms with Crippen molar-refractivity contribution in [1.82, 2.24) is 15.2 Å². The maximum absolute atomic E-state index is 8.89. The summed E-state index contributed by atoms with van der Waals surface area (Å²) >= 11 is 12.5. The van der Waals surface area contributed by atoms with Gasteiger partial charge in [-0.3, -0.25) is 0 Å². The minimum Gasteiger partial charge on any atom is -0.494 e. The van der Waals surface area contributed by atoms with E-state index in [-0.39, 0.29) is 16.9 Å². The molecule has 0 aliphatic heterocycles. The van der Waals surface area contributed by atoms with E-state index in [1.165, 1.54) is 13.2 Å². The number of methoxy groups -OCH3 is 1. The Hall–Kier alpha value is -3.85. The summed E-state index contributed by atoms with van der Waals surface area (Å²) in [6, 6.07) is 14.1. The minimum absolute atomic E-state index is 0.0694. The number of ether oxygens (including phenoxy) is 1. The second kappa shape index (κ2) is 9.57. The van der Waals surface area contributed by atoms with Crippen LogP contribution in [0.2, 0.25) is 10.2 Å². The van der Waals surface area contributed by atoms with Gasteiger partial charge in [-0.25, -0.2) is 0 Å². The van der Waals surface area contributed by atoms with Gasteiger partial charge in [-0.2, -0.15) is 15.5 Å². The van der Waals surface area contributed by atoms with Crippen molar-refractivity contribution >= 4 is 52.4 Å². The minimum atomic E-state index is 0.0694. The maximum Gasteiger partial charge on any atom is 0.249 e. The number of hydrogen-bond donors (Lipinski definition) is 2. The molecule has 0 amide bonds. The number of halogens is 2. The van der Waals surface area contributed by atoms with Crippen LogP contribution in [-0.2, 0) is 0 Å². The van der Waals surface area contributed by atoms with Gasteiger partial charge in [0.15, 0.2) is 11.0 Å². The monoisotopic (exact) mass is 437 g/mol. The molecule has 2 aromatic carbocycles. The van der Waals surface area contributed by atoms with Crippen molar-refractivity contribution in [2.75, 3.05) is 17.7 Å². The van der Waals surface area contributed by atoms with E-state index in [2.05, 4.69) is 31.9 Å². The van der Waals surface area contributed by atoms with Crippen molar-refractivity contribution in [2.24, 2.45) is 0 Å². The highest BCUT2D eigenvalue weighted by Gasteiger charge is 2.14. The summed E-state index contributed by atoms with van der Waals surface area (Å²) in [4.78, 5) is 4.33. The summed E-state index contributed by atoms with van der Waals surface area (Å²) in [5.41, 5.74) is 2.33. The van der Waals surface area contributed by atoms with E-state index in [0.717, 1.165) is 0 Å². The van der Waals surface area contributed by atoms with Gasteiger partial charge < -0.3 is 15.4 Å². The van der Waals surface area contributed by atoms with Crippen LogP contribution in [0, 0.1) is 22.7 Å². The van der Waals surface area contributed by atoms with E-state index < -0.39 is 0 Å². The van der Waals surface area contributed by atoms with Crippen LogP contribution < -0.4 is 15.4 Å². The number of nitriles is 2. The molecule has 0 atom stereocenters. The molecule has 3 aromatic rings. The van der Waals surface area contributed by atoms with Crippen LogP contribution in [0.15, 0.2) is 42.5 Å². The molecule has 0 fully saturated rings. The summed E-state index contributed by atoms with van der Waals surface area (Å²) in [7, 11) is 1.49. The molecule has 0 unspecified atom stereocenters. The smallest absolute Gasteiger partial charge is 0.249 e. The summed E-state index contributed by atoms with van der Waals surface area (Å²) in [6.07, 6.45) is 2.95. The fraction of sp³-hybridized carbons (Fsp3) is 0.0500. The highest BCUT2D eigenvalue weighted by molar-refractivity contribution is 6.34. The molecular formula is C20H13Cl2N7O. The third-order valence-corrected chi connectivity index (χ3v) is 4.36. The standard InChI is InChI=1S/C20H13Cl2N7O/c1-30-16-10-13(3-2-8-23)9-15(21)17(16)26-20-27-19(18(22)28-29-20)25-14-6-4-12(11-24)5-7-14/h2-7,9-10H,1H3,(H2,25,26,27,29). The van der Waals surface area contributed by atoms with Crippen molar-refractivity contribution in [2.45, 2.75) is 0 Å². The molecule has 2 N–H and O–H groups in total. The van der Waals surface area contributed by atoms with Gasteiger partial charge >= 0.3 is 0 Å². The second-order valence-electron chi connectivity index (χ2n) is 5.76. The Bertz CT molecular complexity index is 1180. The Morgan fingerprint density at radius 2 is 1.83 bits per heavy atom. The van der Waals surface area contributed by atoms with Gasteiger partial charge in [0.2, 0.25) is 5.95 Å². The Morgan fingerprint density at radius 3 is 2.50 bits per heavy atom. The van der Waals surface area contributed by atoms with E-state index >= 15 is 0 Å². The lowest BCUT2D eigenvalue weighted by Crippen LogP contribution is -2.05. The molecule has 0 saturated heterocycles. The molecule has 0 saturated carbocycles. The fourth-order valence-corrected chi connectivity index (χ4v) is 2.83. The maximum atomic E-state index is 8.89. The number of nitrogens with zero attached hydrogens (tertiary/aromatic N) is 5. The van der Waals surface area contributed by atoms with E-state index in [1.807, 2.05) is 6.07 Å². The number of nitrogens with one attached hydrogen (secondary N) is 2. The highest BCUT2D eigenvalue weighted by atomic mass is 35.5. The van der Waals surface area contributed by atoms with Crippen molar-refractivity contribution < 1.29 is 4.74 Å². The van der Waals surface area contributed by atoms with Crippen LogP contribution in [0.1, 0.15) is 11.1 Å². The quantitative estimate of drug-likeness (QED) is 0.511. The van der Waals surface area contributed by atoms with Gasteiger partial charge in [-0.1, -0.05) is 23.2 Å². The van der Waals surface area contributed by atoms with Crippen LogP contribution in [-0.4, -0.2) is 22.3 Å². The molecule has 148 valence electrons. The van der Waals surface area contributed by atoms with Crippen molar-refractivity contribution in [3.8, 4) is 17.9 Å². The van der Waals surface area contributed by atoms with Crippen LogP contribution in [0.5, 0.6) is 5.75 Å². The van der Waals surface area contributed by atoms with Crippen LogP contribution in [0.3, 0.4) is 0 Å². The number of benzene rings is 2. The fourth-order valence-electron chi connectivity index (χ4n) is 2.44. The number of rotatable bonds is 6. The first-order chi connectivity index (χ1) is 14.5. The average Bonchev–Trinajstić information content (AvgIpc) is 2.76. The predicted molar refractivity (Wildman–Crippen MR) is 115 cm³/mol. The number of aromatic nitrogens is 3. The van der Waals surface area contributed by atoms with Crippen molar-refractivity contribution in [3.05, 3.63) is 63.8 Å². The summed E-state index contributed by atoms with van der Waals surface area (Å²) < 4.78 is 5.38. The summed E-state index contributed by atoms with van der Waals surface area (Å²) in [5, 5.41) is 31.8. The SMILES string of the molecule is COc1cc(C=CC#N)cc(Cl)c1Nc1nnc(Cl)c(Nc2ccc(C#N)cc2)n1. The number of hydrogen-bond acceptors (Lipinski definition) is 8. The molecule has 3 rings (SSSR count). The third-order valence-electron chi connectivity index (χ3n) is 3.81. The van der Waals surface area contributed by atoms with Gasteiger partial charge in [0.1, 0.15) is 11.4 Å². The van der Waals surface area contributed by atoms with Crippen LogP contribution >= 0.6 is 23.2 Å². The normalized spacial score (nSPS) is 10.3. The first-order valence-electron chi connectivity index (χ1n) is 8.42. The zero-order valence-corrected chi connectivity index (χ0v) is 17.0. The molecule has 0 radical (unpaired) electrons. The zero-order valence-electron chi connectivity index (χ0n) is 15.5. The molecule has 1 heterocycles. The first-order valence-corrected chi connectivity index (χ1v) is 9.17. The lowest BCUT2D eigenvalue weighted by Gasteiger charge is -2.14. The highest BCUT2D eigenvalue weighted by Crippen LogP contribution is 2.36. The Labute approximate surface area is 182 Å². The summed E-state index contributed by atoms with van der Waals surface area (Å²) in [5.74, 6) is 0.832. The Balaban J connectivity index is 1.88. The topological polar surface area (TPSA) is 120 Å². The van der Waals surface area contributed by atoms with E-state index in [0.29, 0.717) is 33.3 Å². The van der Waals surface area contributed by atoms with Crippen molar-refractivity contribution in [3.63, 3.8) is 0 Å². The molecule has 0 aliphatic carbocycles.